The average molecular weight is 327 g/mol. The minimum atomic E-state index is -1.82. The van der Waals surface area contributed by atoms with Crippen LogP contribution >= 0.6 is 0 Å². The van der Waals surface area contributed by atoms with Crippen LogP contribution in [0.3, 0.4) is 0 Å². The van der Waals surface area contributed by atoms with Crippen LogP contribution in [0.25, 0.3) is 0 Å². The van der Waals surface area contributed by atoms with E-state index in [1.807, 2.05) is 26.2 Å². The maximum Gasteiger partial charge on any atom is 0.414 e. The Balaban J connectivity index is 0.000000688. The second-order valence-corrected chi connectivity index (χ2v) is 5.20. The van der Waals surface area contributed by atoms with Crippen molar-refractivity contribution in [3.8, 4) is 5.75 Å². The molecule has 1 aromatic carbocycles. The first-order valence-corrected chi connectivity index (χ1v) is 7.12. The van der Waals surface area contributed by atoms with Gasteiger partial charge in [0.1, 0.15) is 12.4 Å². The first-order valence-electron chi connectivity index (χ1n) is 7.12. The Hall–Kier alpha value is -2.12. The van der Waals surface area contributed by atoms with E-state index in [9.17, 15) is 0 Å². The van der Waals surface area contributed by atoms with Gasteiger partial charge in [-0.2, -0.15) is 0 Å². The SMILES string of the molecule is Cc1cc(C)cc(OCCOCCN(C)C)c1.O=C(O)C(=O)O. The van der Waals surface area contributed by atoms with Crippen LogP contribution in [-0.2, 0) is 14.3 Å². The third kappa shape index (κ3) is 12.1. The number of benzene rings is 1. The van der Waals surface area contributed by atoms with E-state index < -0.39 is 11.9 Å². The minimum Gasteiger partial charge on any atom is -0.491 e. The van der Waals surface area contributed by atoms with E-state index in [4.69, 9.17) is 29.3 Å². The normalized spacial score (nSPS) is 9.96. The average Bonchev–Trinajstić information content (AvgIpc) is 2.42. The number of carboxylic acid groups (broad SMARTS) is 2. The van der Waals surface area contributed by atoms with Gasteiger partial charge in [-0.05, 0) is 51.2 Å². The zero-order valence-electron chi connectivity index (χ0n) is 14.0. The molecule has 0 bridgehead atoms. The van der Waals surface area contributed by atoms with Crippen LogP contribution in [0.15, 0.2) is 18.2 Å². The number of ether oxygens (including phenoxy) is 2. The predicted molar refractivity (Wildman–Crippen MR) is 86.1 cm³/mol. The summed E-state index contributed by atoms with van der Waals surface area (Å²) in [5, 5.41) is 14.8. The van der Waals surface area contributed by atoms with Gasteiger partial charge in [-0.15, -0.1) is 0 Å². The van der Waals surface area contributed by atoms with Crippen molar-refractivity contribution in [3.05, 3.63) is 29.3 Å². The Kier molecular flexibility index (Phi) is 10.4. The van der Waals surface area contributed by atoms with Gasteiger partial charge in [0.05, 0.1) is 13.2 Å². The summed E-state index contributed by atoms with van der Waals surface area (Å²) in [7, 11) is 4.07. The van der Waals surface area contributed by atoms with E-state index in [2.05, 4.69) is 24.8 Å². The van der Waals surface area contributed by atoms with Crippen molar-refractivity contribution in [1.82, 2.24) is 4.90 Å². The van der Waals surface area contributed by atoms with Crippen molar-refractivity contribution in [2.45, 2.75) is 13.8 Å². The molecule has 0 fully saturated rings. The number of carboxylic acids is 2. The molecule has 1 aromatic rings. The highest BCUT2D eigenvalue weighted by Crippen LogP contribution is 2.15. The number of likely N-dealkylation sites (N-methyl/N-ethyl adjacent to an activating group) is 1. The van der Waals surface area contributed by atoms with Crippen LogP contribution in [0.1, 0.15) is 11.1 Å². The molecule has 0 spiro atoms. The zero-order valence-corrected chi connectivity index (χ0v) is 14.0. The van der Waals surface area contributed by atoms with Crippen LogP contribution in [0.2, 0.25) is 0 Å². The Bertz CT molecular complexity index is 469. The molecule has 0 aliphatic heterocycles. The number of nitrogens with zero attached hydrogens (tertiary/aromatic N) is 1. The molecular formula is C16H25NO6. The Morgan fingerprint density at radius 2 is 1.48 bits per heavy atom. The molecule has 2 N–H and O–H groups in total. The fourth-order valence-corrected chi connectivity index (χ4v) is 1.58. The van der Waals surface area contributed by atoms with Crippen molar-refractivity contribution in [1.29, 1.82) is 0 Å². The van der Waals surface area contributed by atoms with Gasteiger partial charge in [-0.25, -0.2) is 9.59 Å². The van der Waals surface area contributed by atoms with E-state index in [1.54, 1.807) is 0 Å². The lowest BCUT2D eigenvalue weighted by Crippen LogP contribution is -2.19. The lowest BCUT2D eigenvalue weighted by atomic mass is 10.1. The molecule has 0 aromatic heterocycles. The summed E-state index contributed by atoms with van der Waals surface area (Å²) in [5.74, 6) is -2.72. The lowest BCUT2D eigenvalue weighted by Gasteiger charge is -2.11. The first kappa shape index (κ1) is 20.9. The van der Waals surface area contributed by atoms with E-state index in [0.29, 0.717) is 13.2 Å². The fourth-order valence-electron chi connectivity index (χ4n) is 1.58. The van der Waals surface area contributed by atoms with Gasteiger partial charge in [0.2, 0.25) is 0 Å². The standard InChI is InChI=1S/C14H23NO2.C2H2O4/c1-12-9-13(2)11-14(10-12)17-8-7-16-6-5-15(3)4;3-1(4)2(5)6/h9-11H,5-8H2,1-4H3;(H,3,4)(H,5,6). The van der Waals surface area contributed by atoms with E-state index >= 15 is 0 Å². The number of carbonyl (C=O) groups is 2. The highest BCUT2D eigenvalue weighted by Gasteiger charge is 2.04. The third-order valence-corrected chi connectivity index (χ3v) is 2.56. The number of aryl methyl sites for hydroxylation is 2. The van der Waals surface area contributed by atoms with Crippen molar-refractivity contribution < 1.29 is 29.3 Å². The minimum absolute atomic E-state index is 0.607. The molecule has 0 atom stereocenters. The molecule has 7 heteroatoms. The van der Waals surface area contributed by atoms with Crippen molar-refractivity contribution in [2.75, 3.05) is 40.5 Å². The van der Waals surface area contributed by atoms with Crippen LogP contribution in [-0.4, -0.2) is 67.5 Å². The summed E-state index contributed by atoms with van der Waals surface area (Å²) in [4.78, 5) is 20.3. The second kappa shape index (κ2) is 11.4. The molecule has 0 saturated carbocycles. The third-order valence-electron chi connectivity index (χ3n) is 2.56. The smallest absolute Gasteiger partial charge is 0.414 e. The molecule has 1 rings (SSSR count). The largest absolute Gasteiger partial charge is 0.491 e. The predicted octanol–water partition coefficient (Wildman–Crippen LogP) is 1.42. The monoisotopic (exact) mass is 327 g/mol. The van der Waals surface area contributed by atoms with E-state index in [-0.39, 0.29) is 0 Å². The molecule has 0 aliphatic carbocycles. The molecule has 23 heavy (non-hydrogen) atoms. The summed E-state index contributed by atoms with van der Waals surface area (Å²) >= 11 is 0. The van der Waals surface area contributed by atoms with Crippen molar-refractivity contribution in [3.63, 3.8) is 0 Å². The Morgan fingerprint density at radius 3 is 1.91 bits per heavy atom. The molecule has 0 saturated heterocycles. The molecule has 0 aliphatic rings. The van der Waals surface area contributed by atoms with E-state index in [1.165, 1.54) is 11.1 Å². The van der Waals surface area contributed by atoms with Gasteiger partial charge in [-0.1, -0.05) is 6.07 Å². The molecule has 7 nitrogen and oxygen atoms in total. The Labute approximate surface area is 136 Å². The molecular weight excluding hydrogens is 302 g/mol. The van der Waals surface area contributed by atoms with Gasteiger partial charge in [0.15, 0.2) is 0 Å². The summed E-state index contributed by atoms with van der Waals surface area (Å²) in [6.07, 6.45) is 0. The van der Waals surface area contributed by atoms with Gasteiger partial charge in [0.25, 0.3) is 0 Å². The highest BCUT2D eigenvalue weighted by atomic mass is 16.5. The number of aliphatic carboxylic acids is 2. The molecule has 0 unspecified atom stereocenters. The van der Waals surface area contributed by atoms with E-state index in [0.717, 1.165) is 18.9 Å². The second-order valence-electron chi connectivity index (χ2n) is 5.20. The van der Waals surface area contributed by atoms with Crippen LogP contribution in [0.5, 0.6) is 5.75 Å². The summed E-state index contributed by atoms with van der Waals surface area (Å²) in [6.45, 7) is 7.10. The van der Waals surface area contributed by atoms with Gasteiger partial charge < -0.3 is 24.6 Å². The molecule has 0 amide bonds. The van der Waals surface area contributed by atoms with Crippen LogP contribution in [0, 0.1) is 13.8 Å². The molecule has 0 radical (unpaired) electrons. The molecule has 130 valence electrons. The number of hydrogen-bond donors (Lipinski definition) is 2. The van der Waals surface area contributed by atoms with Gasteiger partial charge in [0, 0.05) is 6.54 Å². The maximum absolute atomic E-state index is 9.10. The van der Waals surface area contributed by atoms with Crippen LogP contribution < -0.4 is 4.74 Å². The topological polar surface area (TPSA) is 96.3 Å². The summed E-state index contributed by atoms with van der Waals surface area (Å²) < 4.78 is 11.1. The van der Waals surface area contributed by atoms with Crippen molar-refractivity contribution >= 4 is 11.9 Å². The lowest BCUT2D eigenvalue weighted by molar-refractivity contribution is -0.159. The fraction of sp³-hybridized carbons (Fsp3) is 0.500. The quantitative estimate of drug-likeness (QED) is 0.577. The number of rotatable bonds is 7. The summed E-state index contributed by atoms with van der Waals surface area (Å²) in [5.41, 5.74) is 2.46. The first-order chi connectivity index (χ1) is 10.7. The number of hydrogen-bond acceptors (Lipinski definition) is 5. The Morgan fingerprint density at radius 1 is 0.957 bits per heavy atom. The van der Waals surface area contributed by atoms with Crippen molar-refractivity contribution in [2.24, 2.45) is 0 Å². The maximum atomic E-state index is 9.10. The van der Waals surface area contributed by atoms with Gasteiger partial charge >= 0.3 is 11.9 Å². The molecule has 0 heterocycles. The summed E-state index contributed by atoms with van der Waals surface area (Å²) in [6, 6.07) is 6.24. The van der Waals surface area contributed by atoms with Crippen LogP contribution in [0.4, 0.5) is 0 Å². The zero-order chi connectivity index (χ0) is 17.8. The van der Waals surface area contributed by atoms with Gasteiger partial charge in [-0.3, -0.25) is 0 Å². The highest BCUT2D eigenvalue weighted by molar-refractivity contribution is 6.27.